The largest absolute Gasteiger partial charge is 0.399 e. The lowest BCUT2D eigenvalue weighted by atomic mass is 9.92. The molecule has 0 fully saturated rings. The van der Waals surface area contributed by atoms with Crippen LogP contribution in [0, 0.1) is 5.92 Å². The Morgan fingerprint density at radius 1 is 1.07 bits per heavy atom. The molecule has 2 amide bonds. The van der Waals surface area contributed by atoms with Crippen molar-refractivity contribution in [1.82, 2.24) is 10.8 Å². The van der Waals surface area contributed by atoms with E-state index in [1.165, 1.54) is 0 Å². The number of amides is 2. The highest BCUT2D eigenvalue weighted by atomic mass is 16.7. The SMILES string of the molecule is CCOCOC[C@H](C[C@H](Cc1ccccc1)C(=O)NO)NC(=O)c1ccc(N)cc1. The van der Waals surface area contributed by atoms with Crippen LogP contribution in [0.4, 0.5) is 5.69 Å². The van der Waals surface area contributed by atoms with Crippen LogP contribution in [-0.2, 0) is 20.7 Å². The summed E-state index contributed by atoms with van der Waals surface area (Å²) in [4.78, 5) is 24.9. The predicted octanol–water partition coefficient (Wildman–Crippen LogP) is 2.13. The monoisotopic (exact) mass is 415 g/mol. The molecule has 0 aliphatic heterocycles. The lowest BCUT2D eigenvalue weighted by molar-refractivity contribution is -0.134. The molecule has 8 nitrogen and oxygen atoms in total. The number of nitrogens with two attached hydrogens (primary N) is 1. The highest BCUT2D eigenvalue weighted by Crippen LogP contribution is 2.16. The summed E-state index contributed by atoms with van der Waals surface area (Å²) in [5.41, 5.74) is 9.36. The molecule has 0 bridgehead atoms. The van der Waals surface area contributed by atoms with Crippen LogP contribution in [0.15, 0.2) is 54.6 Å². The number of anilines is 1. The first-order chi connectivity index (χ1) is 14.5. The van der Waals surface area contributed by atoms with Crippen molar-refractivity contribution in [3.05, 3.63) is 65.7 Å². The first-order valence-electron chi connectivity index (χ1n) is 9.83. The lowest BCUT2D eigenvalue weighted by Crippen LogP contribution is -2.42. The van der Waals surface area contributed by atoms with Crippen LogP contribution >= 0.6 is 0 Å². The first-order valence-corrected chi connectivity index (χ1v) is 9.83. The van der Waals surface area contributed by atoms with Crippen molar-refractivity contribution in [2.24, 2.45) is 5.92 Å². The molecule has 2 aromatic rings. The zero-order valence-electron chi connectivity index (χ0n) is 17.0. The van der Waals surface area contributed by atoms with Crippen molar-refractivity contribution >= 4 is 17.5 Å². The molecule has 0 aliphatic rings. The van der Waals surface area contributed by atoms with E-state index in [4.69, 9.17) is 15.2 Å². The van der Waals surface area contributed by atoms with E-state index < -0.39 is 17.9 Å². The van der Waals surface area contributed by atoms with E-state index >= 15 is 0 Å². The first kappa shape index (κ1) is 23.3. The molecule has 0 aromatic heterocycles. The van der Waals surface area contributed by atoms with Gasteiger partial charge in [0.2, 0.25) is 5.91 Å². The summed E-state index contributed by atoms with van der Waals surface area (Å²) in [6.45, 7) is 2.60. The lowest BCUT2D eigenvalue weighted by Gasteiger charge is -2.24. The summed E-state index contributed by atoms with van der Waals surface area (Å²) in [5.74, 6) is -1.39. The number of ether oxygens (including phenoxy) is 2. The Balaban J connectivity index is 2.10. The van der Waals surface area contributed by atoms with E-state index in [1.807, 2.05) is 37.3 Å². The maximum absolute atomic E-state index is 12.6. The molecule has 0 unspecified atom stereocenters. The second-order valence-electron chi connectivity index (χ2n) is 6.87. The summed E-state index contributed by atoms with van der Waals surface area (Å²) in [7, 11) is 0. The second-order valence-corrected chi connectivity index (χ2v) is 6.87. The van der Waals surface area contributed by atoms with Crippen molar-refractivity contribution in [3.8, 4) is 0 Å². The van der Waals surface area contributed by atoms with Crippen LogP contribution < -0.4 is 16.5 Å². The molecule has 0 spiro atoms. The minimum Gasteiger partial charge on any atom is -0.399 e. The van der Waals surface area contributed by atoms with Gasteiger partial charge in [-0.2, -0.15) is 0 Å². The van der Waals surface area contributed by atoms with Crippen molar-refractivity contribution in [1.29, 1.82) is 0 Å². The summed E-state index contributed by atoms with van der Waals surface area (Å²) < 4.78 is 10.7. The van der Waals surface area contributed by atoms with Crippen LogP contribution in [0.5, 0.6) is 0 Å². The normalized spacial score (nSPS) is 12.7. The number of nitrogens with one attached hydrogen (secondary N) is 2. The molecule has 2 rings (SSSR count). The molecule has 5 N–H and O–H groups in total. The summed E-state index contributed by atoms with van der Waals surface area (Å²) >= 11 is 0. The van der Waals surface area contributed by atoms with E-state index in [-0.39, 0.29) is 25.7 Å². The molecule has 0 saturated carbocycles. The fourth-order valence-electron chi connectivity index (χ4n) is 3.02. The fourth-order valence-corrected chi connectivity index (χ4v) is 3.02. The van der Waals surface area contributed by atoms with Crippen LogP contribution in [0.3, 0.4) is 0 Å². The zero-order valence-corrected chi connectivity index (χ0v) is 17.0. The Morgan fingerprint density at radius 3 is 2.40 bits per heavy atom. The minimum atomic E-state index is -0.565. The number of carbonyl (C=O) groups excluding carboxylic acids is 2. The third-order valence-electron chi connectivity index (χ3n) is 4.57. The van der Waals surface area contributed by atoms with Gasteiger partial charge in [0.05, 0.1) is 12.6 Å². The van der Waals surface area contributed by atoms with Gasteiger partial charge in [0, 0.05) is 23.8 Å². The number of carbonyl (C=O) groups is 2. The van der Waals surface area contributed by atoms with E-state index in [9.17, 15) is 14.8 Å². The summed E-state index contributed by atoms with van der Waals surface area (Å²) in [6.07, 6.45) is 0.682. The Kier molecular flexibility index (Phi) is 9.79. The number of hydrogen-bond acceptors (Lipinski definition) is 6. The Morgan fingerprint density at radius 2 is 1.77 bits per heavy atom. The molecule has 0 saturated heterocycles. The van der Waals surface area contributed by atoms with Crippen molar-refractivity contribution in [2.45, 2.75) is 25.8 Å². The molecule has 2 atom stereocenters. The number of hydrogen-bond donors (Lipinski definition) is 4. The van der Waals surface area contributed by atoms with Gasteiger partial charge in [0.25, 0.3) is 5.91 Å². The third-order valence-corrected chi connectivity index (χ3v) is 4.57. The number of benzene rings is 2. The van der Waals surface area contributed by atoms with Crippen molar-refractivity contribution < 1.29 is 24.3 Å². The maximum atomic E-state index is 12.6. The molecule has 0 radical (unpaired) electrons. The highest BCUT2D eigenvalue weighted by Gasteiger charge is 2.25. The van der Waals surface area contributed by atoms with Crippen LogP contribution in [0.2, 0.25) is 0 Å². The topological polar surface area (TPSA) is 123 Å². The van der Waals surface area contributed by atoms with E-state index in [0.717, 1.165) is 5.56 Å². The molecular weight excluding hydrogens is 386 g/mol. The summed E-state index contributed by atoms with van der Waals surface area (Å²) in [5, 5.41) is 12.1. The molecule has 0 aliphatic carbocycles. The quantitative estimate of drug-likeness (QED) is 0.138. The second kappa shape index (κ2) is 12.6. The van der Waals surface area contributed by atoms with Gasteiger partial charge in [-0.25, -0.2) is 5.48 Å². The number of nitrogen functional groups attached to an aromatic ring is 1. The number of hydroxylamine groups is 1. The van der Waals surface area contributed by atoms with Gasteiger partial charge < -0.3 is 20.5 Å². The van der Waals surface area contributed by atoms with Crippen molar-refractivity contribution in [3.63, 3.8) is 0 Å². The molecule has 0 heterocycles. The molecule has 30 heavy (non-hydrogen) atoms. The third kappa shape index (κ3) is 7.82. The molecule has 8 heteroatoms. The summed E-state index contributed by atoms with van der Waals surface area (Å²) in [6, 6.07) is 15.6. The standard InChI is InChI=1S/C22H29N3O5/c1-2-29-15-30-14-20(24-21(26)17-8-10-19(23)11-9-17)13-18(22(27)25-28)12-16-6-4-3-5-7-16/h3-11,18,20,28H,2,12-15,23H2,1H3,(H,24,26)(H,25,27)/t18-,20-/m0/s1. The maximum Gasteiger partial charge on any atom is 0.251 e. The zero-order chi connectivity index (χ0) is 21.8. The average Bonchev–Trinajstić information content (AvgIpc) is 2.76. The molecular formula is C22H29N3O5. The Hall–Kier alpha value is -2.94. The van der Waals surface area contributed by atoms with Gasteiger partial charge in [-0.1, -0.05) is 30.3 Å². The smallest absolute Gasteiger partial charge is 0.251 e. The Bertz CT molecular complexity index is 783. The minimum absolute atomic E-state index is 0.0836. The highest BCUT2D eigenvalue weighted by molar-refractivity contribution is 5.94. The van der Waals surface area contributed by atoms with Gasteiger partial charge in [-0.3, -0.25) is 14.8 Å². The van der Waals surface area contributed by atoms with Gasteiger partial charge in [0.15, 0.2) is 0 Å². The fraction of sp³-hybridized carbons (Fsp3) is 0.364. The number of rotatable bonds is 12. The van der Waals surface area contributed by atoms with Gasteiger partial charge in [-0.15, -0.1) is 0 Å². The van der Waals surface area contributed by atoms with Crippen LogP contribution in [-0.4, -0.2) is 43.1 Å². The Labute approximate surface area is 176 Å². The van der Waals surface area contributed by atoms with Crippen LogP contribution in [0.1, 0.15) is 29.3 Å². The van der Waals surface area contributed by atoms with E-state index in [2.05, 4.69) is 5.32 Å². The van der Waals surface area contributed by atoms with Gasteiger partial charge in [0.1, 0.15) is 6.79 Å². The van der Waals surface area contributed by atoms with Gasteiger partial charge >= 0.3 is 0 Å². The predicted molar refractivity (Wildman–Crippen MR) is 113 cm³/mol. The van der Waals surface area contributed by atoms with Crippen LogP contribution in [0.25, 0.3) is 0 Å². The molecule has 2 aromatic carbocycles. The van der Waals surface area contributed by atoms with Gasteiger partial charge in [-0.05, 0) is 49.6 Å². The molecule has 162 valence electrons. The van der Waals surface area contributed by atoms with Crippen molar-refractivity contribution in [2.75, 3.05) is 25.7 Å². The van der Waals surface area contributed by atoms with E-state index in [0.29, 0.717) is 24.3 Å². The van der Waals surface area contributed by atoms with E-state index in [1.54, 1.807) is 29.7 Å². The average molecular weight is 415 g/mol.